The Morgan fingerprint density at radius 1 is 0.980 bits per heavy atom. The first-order valence-electron chi connectivity index (χ1n) is 20.0. The molecule has 1 aromatic carbocycles. The molecule has 8 heteroatoms. The van der Waals surface area contributed by atoms with Crippen LogP contribution in [0.1, 0.15) is 122 Å². The van der Waals surface area contributed by atoms with Crippen LogP contribution in [0.15, 0.2) is 36.4 Å². The normalized spacial score (nSPS) is 41.4. The summed E-state index contributed by atoms with van der Waals surface area (Å²) in [7, 11) is -2.85. The Hall–Kier alpha value is -2.03. The number of carboxylic acids is 1. The molecule has 5 fully saturated rings. The number of nitrogens with one attached hydrogen (secondary N) is 1. The number of carboxylic acid groups (broad SMARTS) is 1. The van der Waals surface area contributed by atoms with E-state index in [-0.39, 0.29) is 32.8 Å². The molecule has 1 heterocycles. The Labute approximate surface area is 307 Å². The third-order valence-corrected chi connectivity index (χ3v) is 18.3. The third-order valence-electron chi connectivity index (χ3n) is 16.7. The van der Waals surface area contributed by atoms with E-state index in [1.165, 1.54) is 68.2 Å². The van der Waals surface area contributed by atoms with E-state index in [9.17, 15) is 22.7 Å². The molecule has 1 aliphatic heterocycles. The average molecular weight is 723 g/mol. The summed E-state index contributed by atoms with van der Waals surface area (Å²) in [6.07, 6.45) is 14.2. The Bertz CT molecular complexity index is 1710. The number of fused-ring (bicyclic) bond motifs is 7. The Balaban J connectivity index is 1.13. The largest absolute Gasteiger partial charge is 0.478 e. The van der Waals surface area contributed by atoms with Gasteiger partial charge in [-0.05, 0) is 159 Å². The first-order valence-corrected chi connectivity index (χ1v) is 21.8. The number of hydrogen-bond acceptors (Lipinski definition) is 5. The zero-order valence-electron chi connectivity index (χ0n) is 32.1. The number of sulfone groups is 1. The van der Waals surface area contributed by atoms with E-state index in [0.29, 0.717) is 54.2 Å². The van der Waals surface area contributed by atoms with Crippen LogP contribution in [0.5, 0.6) is 0 Å². The van der Waals surface area contributed by atoms with Gasteiger partial charge in [-0.25, -0.2) is 17.6 Å². The summed E-state index contributed by atoms with van der Waals surface area (Å²) in [6.45, 7) is 22.7. The van der Waals surface area contributed by atoms with Crippen LogP contribution in [0.3, 0.4) is 0 Å². The average Bonchev–Trinajstić information content (AvgIpc) is 3.44. The van der Waals surface area contributed by atoms with Crippen molar-refractivity contribution in [3.8, 4) is 0 Å². The van der Waals surface area contributed by atoms with Gasteiger partial charge < -0.3 is 15.3 Å². The molecule has 2 N–H and O–H groups in total. The molecule has 0 radical (unpaired) electrons. The first kappa shape index (κ1) is 37.3. The van der Waals surface area contributed by atoms with Gasteiger partial charge in [0.05, 0.1) is 17.1 Å². The van der Waals surface area contributed by atoms with Gasteiger partial charge in [0.2, 0.25) is 0 Å². The van der Waals surface area contributed by atoms with Crippen LogP contribution in [0.4, 0.5) is 4.39 Å². The molecule has 282 valence electrons. The fraction of sp³-hybridized carbons (Fsp3) is 0.744. The second kappa shape index (κ2) is 12.8. The van der Waals surface area contributed by atoms with Crippen molar-refractivity contribution in [2.75, 3.05) is 37.7 Å². The number of nitrogens with zero attached hydrogens (tertiary/aromatic N) is 1. The molecule has 1 saturated heterocycles. The maximum atomic E-state index is 14.9. The lowest BCUT2D eigenvalue weighted by Gasteiger charge is -2.72. The van der Waals surface area contributed by atoms with E-state index in [1.807, 2.05) is 6.07 Å². The molecule has 1 aromatic rings. The number of aromatic carboxylic acids is 1. The molecule has 7 rings (SSSR count). The SMILES string of the molecule is C=C(C)C1CCC2(NCCCN3CCS(=O)(=O)CC3)CCC3(C)C(CCC4C5(C)CC=C(c6ccc(C(=O)O)c(F)c6)C(C)(C)C5CCC43C)C12. The lowest BCUT2D eigenvalue weighted by Crippen LogP contribution is -2.68. The molecule has 0 bridgehead atoms. The molecule has 9 unspecified atom stereocenters. The van der Waals surface area contributed by atoms with Gasteiger partial charge in [-0.1, -0.05) is 58.9 Å². The third kappa shape index (κ3) is 5.82. The first-order chi connectivity index (χ1) is 23.9. The van der Waals surface area contributed by atoms with Gasteiger partial charge in [0.15, 0.2) is 9.84 Å². The van der Waals surface area contributed by atoms with Crippen molar-refractivity contribution < 1.29 is 22.7 Å². The monoisotopic (exact) mass is 722 g/mol. The van der Waals surface area contributed by atoms with Crippen LogP contribution < -0.4 is 5.32 Å². The second-order valence-electron chi connectivity index (χ2n) is 19.2. The summed E-state index contributed by atoms with van der Waals surface area (Å²) >= 11 is 0. The van der Waals surface area contributed by atoms with Crippen molar-refractivity contribution in [2.24, 2.45) is 51.2 Å². The summed E-state index contributed by atoms with van der Waals surface area (Å²) in [6, 6.07) is 4.69. The highest BCUT2D eigenvalue weighted by Crippen LogP contribution is 2.76. The van der Waals surface area contributed by atoms with Gasteiger partial charge in [-0.3, -0.25) is 0 Å². The molecule has 6 aliphatic rings. The zero-order chi connectivity index (χ0) is 36.8. The number of rotatable bonds is 8. The fourth-order valence-corrected chi connectivity index (χ4v) is 15.3. The van der Waals surface area contributed by atoms with Crippen LogP contribution in [-0.2, 0) is 9.84 Å². The van der Waals surface area contributed by atoms with Gasteiger partial charge >= 0.3 is 5.97 Å². The van der Waals surface area contributed by atoms with Gasteiger partial charge in [0.25, 0.3) is 0 Å². The second-order valence-corrected chi connectivity index (χ2v) is 21.5. The number of hydrogen-bond donors (Lipinski definition) is 2. The highest BCUT2D eigenvalue weighted by Gasteiger charge is 2.70. The lowest BCUT2D eigenvalue weighted by atomic mass is 9.33. The van der Waals surface area contributed by atoms with Gasteiger partial charge in [-0.15, -0.1) is 0 Å². The van der Waals surface area contributed by atoms with Crippen LogP contribution in [-0.4, -0.2) is 67.6 Å². The van der Waals surface area contributed by atoms with E-state index < -0.39 is 21.6 Å². The maximum absolute atomic E-state index is 14.9. The number of carbonyl (C=O) groups is 1. The summed E-state index contributed by atoms with van der Waals surface area (Å²) in [5, 5.41) is 13.6. The minimum Gasteiger partial charge on any atom is -0.478 e. The minimum atomic E-state index is -2.85. The molecular weight excluding hydrogens is 660 g/mol. The fourth-order valence-electron chi connectivity index (χ4n) is 14.0. The molecule has 0 aromatic heterocycles. The molecule has 0 spiro atoms. The summed E-state index contributed by atoms with van der Waals surface area (Å²) in [4.78, 5) is 13.9. The summed E-state index contributed by atoms with van der Waals surface area (Å²) in [5.74, 6) is 1.56. The topological polar surface area (TPSA) is 86.7 Å². The molecule has 5 aliphatic carbocycles. The molecule has 51 heavy (non-hydrogen) atoms. The summed E-state index contributed by atoms with van der Waals surface area (Å²) in [5.41, 5.74) is 3.66. The van der Waals surface area contributed by atoms with E-state index in [4.69, 9.17) is 0 Å². The van der Waals surface area contributed by atoms with Crippen molar-refractivity contribution in [3.63, 3.8) is 0 Å². The predicted octanol–water partition coefficient (Wildman–Crippen LogP) is 8.64. The lowest BCUT2D eigenvalue weighted by molar-refractivity contribution is -0.219. The Morgan fingerprint density at radius 2 is 1.71 bits per heavy atom. The Morgan fingerprint density at radius 3 is 2.37 bits per heavy atom. The van der Waals surface area contributed by atoms with E-state index in [0.717, 1.165) is 37.9 Å². The van der Waals surface area contributed by atoms with Crippen LogP contribution in [0.25, 0.3) is 5.57 Å². The highest BCUT2D eigenvalue weighted by molar-refractivity contribution is 7.91. The van der Waals surface area contributed by atoms with Crippen molar-refractivity contribution >= 4 is 21.4 Å². The zero-order valence-corrected chi connectivity index (χ0v) is 32.9. The van der Waals surface area contributed by atoms with Crippen molar-refractivity contribution in [1.29, 1.82) is 0 Å². The number of allylic oxidation sites excluding steroid dienone is 3. The smallest absolute Gasteiger partial charge is 0.338 e. The molecule has 6 nitrogen and oxygen atoms in total. The molecular formula is C43H63FN2O4S. The molecule has 9 atom stereocenters. The van der Waals surface area contributed by atoms with E-state index in [1.54, 1.807) is 0 Å². The van der Waals surface area contributed by atoms with Gasteiger partial charge in [0.1, 0.15) is 5.82 Å². The predicted molar refractivity (Wildman–Crippen MR) is 204 cm³/mol. The van der Waals surface area contributed by atoms with Crippen molar-refractivity contribution in [1.82, 2.24) is 10.2 Å². The number of benzene rings is 1. The standard InChI is InChI=1S/C43H63FN2O4S/c1-28(2)30-13-18-43(45-21-8-22-46-23-25-51(49,50)26-24-46)20-19-41(6)33(37(30)43)11-12-36-40(5)16-14-32(29-9-10-31(38(47)48)34(44)27-29)39(3,4)35(40)15-17-42(36,41)7/h9-10,14,27,30,33,35-37,45H,1,8,11-13,15-26H2,2-7H3,(H,47,48). The maximum Gasteiger partial charge on any atom is 0.338 e. The van der Waals surface area contributed by atoms with Gasteiger partial charge in [-0.2, -0.15) is 0 Å². The number of halogens is 1. The van der Waals surface area contributed by atoms with E-state index >= 15 is 0 Å². The highest BCUT2D eigenvalue weighted by atomic mass is 32.2. The van der Waals surface area contributed by atoms with Gasteiger partial charge in [0, 0.05) is 18.6 Å². The van der Waals surface area contributed by atoms with Crippen LogP contribution in [0, 0.1) is 57.1 Å². The summed E-state index contributed by atoms with van der Waals surface area (Å²) < 4.78 is 38.8. The van der Waals surface area contributed by atoms with Crippen LogP contribution in [0.2, 0.25) is 0 Å². The molecule has 4 saturated carbocycles. The van der Waals surface area contributed by atoms with Crippen LogP contribution >= 0.6 is 0 Å². The van der Waals surface area contributed by atoms with Crippen molar-refractivity contribution in [2.45, 2.75) is 111 Å². The molecule has 0 amide bonds. The minimum absolute atomic E-state index is 0.136. The Kier molecular flexibility index (Phi) is 9.35. The van der Waals surface area contributed by atoms with Crippen molar-refractivity contribution in [3.05, 3.63) is 53.4 Å². The van der Waals surface area contributed by atoms with E-state index in [2.05, 4.69) is 64.4 Å². The quantitative estimate of drug-likeness (QED) is 0.207.